The standard InChI is InChI=1S/C21H20FN5O3S/c1-14-7-8-18(13-19(14)22)31(29,30)26-17-6-3-5-16(12-17)21(28)24-20-11-15(2)25-27(20)10-4-9-23/h3,5-8,11-13,26H,4,10H2,1-2H3,(H,24,28). The molecule has 0 radical (unpaired) electrons. The Morgan fingerprint density at radius 2 is 1.97 bits per heavy atom. The second kappa shape index (κ2) is 8.97. The van der Waals surface area contributed by atoms with Gasteiger partial charge in [0.2, 0.25) is 0 Å². The summed E-state index contributed by atoms with van der Waals surface area (Å²) in [5, 5.41) is 15.7. The molecule has 0 saturated heterocycles. The Kier molecular flexibility index (Phi) is 6.36. The van der Waals surface area contributed by atoms with E-state index in [-0.39, 0.29) is 22.6 Å². The molecule has 0 aliphatic carbocycles. The normalized spacial score (nSPS) is 11.0. The molecule has 160 valence electrons. The van der Waals surface area contributed by atoms with Gasteiger partial charge in [-0.15, -0.1) is 0 Å². The number of nitrogens with zero attached hydrogens (tertiary/aromatic N) is 3. The molecule has 31 heavy (non-hydrogen) atoms. The van der Waals surface area contributed by atoms with Crippen molar-refractivity contribution in [3.63, 3.8) is 0 Å². The summed E-state index contributed by atoms with van der Waals surface area (Å²) in [5.41, 5.74) is 1.38. The number of halogens is 1. The van der Waals surface area contributed by atoms with Gasteiger partial charge in [-0.25, -0.2) is 17.5 Å². The summed E-state index contributed by atoms with van der Waals surface area (Å²) in [4.78, 5) is 12.5. The zero-order chi connectivity index (χ0) is 22.6. The van der Waals surface area contributed by atoms with E-state index in [1.807, 2.05) is 6.07 Å². The van der Waals surface area contributed by atoms with Crippen molar-refractivity contribution in [3.05, 3.63) is 71.2 Å². The number of aromatic nitrogens is 2. The van der Waals surface area contributed by atoms with E-state index in [9.17, 15) is 17.6 Å². The molecule has 3 rings (SSSR count). The van der Waals surface area contributed by atoms with Crippen LogP contribution in [0.3, 0.4) is 0 Å². The van der Waals surface area contributed by atoms with Crippen LogP contribution < -0.4 is 10.0 Å². The summed E-state index contributed by atoms with van der Waals surface area (Å²) in [7, 11) is -4.03. The molecule has 0 bridgehead atoms. The minimum atomic E-state index is -4.03. The molecule has 0 saturated carbocycles. The number of rotatable bonds is 7. The van der Waals surface area contributed by atoms with E-state index in [0.29, 0.717) is 23.6 Å². The lowest BCUT2D eigenvalue weighted by Crippen LogP contribution is -2.17. The van der Waals surface area contributed by atoms with Crippen LogP contribution in [-0.4, -0.2) is 24.1 Å². The number of carbonyl (C=O) groups is 1. The smallest absolute Gasteiger partial charge is 0.261 e. The number of benzene rings is 2. The first-order valence-corrected chi connectivity index (χ1v) is 10.8. The topological polar surface area (TPSA) is 117 Å². The van der Waals surface area contributed by atoms with Crippen LogP contribution in [0.1, 0.15) is 28.0 Å². The lowest BCUT2D eigenvalue weighted by Gasteiger charge is -2.11. The maximum Gasteiger partial charge on any atom is 0.261 e. The third kappa shape index (κ3) is 5.26. The van der Waals surface area contributed by atoms with Crippen LogP contribution >= 0.6 is 0 Å². The lowest BCUT2D eigenvalue weighted by atomic mass is 10.2. The summed E-state index contributed by atoms with van der Waals surface area (Å²) in [6.07, 6.45) is 0.237. The van der Waals surface area contributed by atoms with E-state index in [4.69, 9.17) is 5.26 Å². The molecule has 2 aromatic carbocycles. The Bertz CT molecular complexity index is 1280. The minimum Gasteiger partial charge on any atom is -0.307 e. The number of anilines is 2. The number of hydrogen-bond donors (Lipinski definition) is 2. The van der Waals surface area contributed by atoms with E-state index >= 15 is 0 Å². The van der Waals surface area contributed by atoms with Crippen LogP contribution in [0.25, 0.3) is 0 Å². The number of amides is 1. The van der Waals surface area contributed by atoms with Gasteiger partial charge in [0.15, 0.2) is 0 Å². The Balaban J connectivity index is 1.79. The van der Waals surface area contributed by atoms with Gasteiger partial charge in [-0.05, 0) is 49.7 Å². The van der Waals surface area contributed by atoms with Gasteiger partial charge < -0.3 is 5.32 Å². The molecule has 1 heterocycles. The van der Waals surface area contributed by atoms with Gasteiger partial charge in [-0.2, -0.15) is 10.4 Å². The van der Waals surface area contributed by atoms with Crippen molar-refractivity contribution >= 4 is 27.4 Å². The van der Waals surface area contributed by atoms with Crippen LogP contribution in [0.5, 0.6) is 0 Å². The molecule has 1 amide bonds. The molecule has 1 aromatic heterocycles. The Hall–Kier alpha value is -3.71. The molecule has 0 atom stereocenters. The SMILES string of the molecule is Cc1cc(NC(=O)c2cccc(NS(=O)(=O)c3ccc(C)c(F)c3)c2)n(CCC#N)n1. The van der Waals surface area contributed by atoms with Crippen LogP contribution in [0.2, 0.25) is 0 Å². The molecule has 8 nitrogen and oxygen atoms in total. The van der Waals surface area contributed by atoms with Crippen molar-refractivity contribution in [2.75, 3.05) is 10.0 Å². The van der Waals surface area contributed by atoms with Crippen molar-refractivity contribution in [1.82, 2.24) is 9.78 Å². The molecular weight excluding hydrogens is 421 g/mol. The first-order chi connectivity index (χ1) is 14.7. The minimum absolute atomic E-state index is 0.155. The summed E-state index contributed by atoms with van der Waals surface area (Å²) in [5.74, 6) is -0.668. The highest BCUT2D eigenvalue weighted by Crippen LogP contribution is 2.20. The van der Waals surface area contributed by atoms with Crippen molar-refractivity contribution < 1.29 is 17.6 Å². The van der Waals surface area contributed by atoms with Crippen molar-refractivity contribution in [2.24, 2.45) is 0 Å². The predicted octanol–water partition coefficient (Wildman–Crippen LogP) is 3.61. The monoisotopic (exact) mass is 441 g/mol. The van der Waals surface area contributed by atoms with Gasteiger partial charge in [0.1, 0.15) is 11.6 Å². The molecule has 10 heteroatoms. The molecule has 2 N–H and O–H groups in total. The molecule has 0 unspecified atom stereocenters. The van der Waals surface area contributed by atoms with Gasteiger partial charge in [-0.1, -0.05) is 12.1 Å². The molecule has 0 aliphatic heterocycles. The van der Waals surface area contributed by atoms with Crippen LogP contribution in [0, 0.1) is 31.0 Å². The third-order valence-electron chi connectivity index (χ3n) is 4.41. The van der Waals surface area contributed by atoms with E-state index in [1.54, 1.807) is 13.0 Å². The number of nitriles is 1. The van der Waals surface area contributed by atoms with Crippen molar-refractivity contribution in [3.8, 4) is 6.07 Å². The lowest BCUT2D eigenvalue weighted by molar-refractivity contribution is 0.102. The quantitative estimate of drug-likeness (QED) is 0.581. The Morgan fingerprint density at radius 1 is 1.19 bits per heavy atom. The number of sulfonamides is 1. The zero-order valence-corrected chi connectivity index (χ0v) is 17.7. The number of nitrogens with one attached hydrogen (secondary N) is 2. The largest absolute Gasteiger partial charge is 0.307 e. The second-order valence-electron chi connectivity index (χ2n) is 6.85. The highest BCUT2D eigenvalue weighted by molar-refractivity contribution is 7.92. The maximum atomic E-state index is 13.8. The molecule has 0 aliphatic rings. The number of aryl methyl sites for hydroxylation is 3. The van der Waals surface area contributed by atoms with Crippen molar-refractivity contribution in [1.29, 1.82) is 5.26 Å². The predicted molar refractivity (Wildman–Crippen MR) is 114 cm³/mol. The average Bonchev–Trinajstić information content (AvgIpc) is 3.07. The molecular formula is C21H20FN5O3S. The fourth-order valence-corrected chi connectivity index (χ4v) is 3.90. The molecule has 3 aromatic rings. The number of carbonyl (C=O) groups excluding carboxylic acids is 1. The van der Waals surface area contributed by atoms with E-state index in [0.717, 1.165) is 6.07 Å². The van der Waals surface area contributed by atoms with Gasteiger partial charge in [0, 0.05) is 17.3 Å². The van der Waals surface area contributed by atoms with E-state index in [2.05, 4.69) is 15.1 Å². The van der Waals surface area contributed by atoms with Gasteiger partial charge in [0.05, 0.1) is 29.6 Å². The molecule has 0 fully saturated rings. The van der Waals surface area contributed by atoms with Crippen LogP contribution in [0.4, 0.5) is 15.9 Å². The maximum absolute atomic E-state index is 13.8. The summed E-state index contributed by atoms with van der Waals surface area (Å²) in [6.45, 7) is 3.63. The third-order valence-corrected chi connectivity index (χ3v) is 5.79. The van der Waals surface area contributed by atoms with Crippen molar-refractivity contribution in [2.45, 2.75) is 31.7 Å². The second-order valence-corrected chi connectivity index (χ2v) is 8.54. The van der Waals surface area contributed by atoms with Gasteiger partial charge >= 0.3 is 0 Å². The zero-order valence-electron chi connectivity index (χ0n) is 16.9. The fourth-order valence-electron chi connectivity index (χ4n) is 2.84. The Morgan fingerprint density at radius 3 is 2.68 bits per heavy atom. The Labute approximate surface area is 179 Å². The number of hydrogen-bond acceptors (Lipinski definition) is 5. The highest BCUT2D eigenvalue weighted by atomic mass is 32.2. The van der Waals surface area contributed by atoms with Crippen LogP contribution in [-0.2, 0) is 16.6 Å². The van der Waals surface area contributed by atoms with E-state index < -0.39 is 21.7 Å². The molecule has 0 spiro atoms. The summed E-state index contributed by atoms with van der Waals surface area (Å²) >= 11 is 0. The summed E-state index contributed by atoms with van der Waals surface area (Å²) < 4.78 is 42.8. The summed E-state index contributed by atoms with van der Waals surface area (Å²) in [6, 6.07) is 13.2. The van der Waals surface area contributed by atoms with Gasteiger partial charge in [0.25, 0.3) is 15.9 Å². The van der Waals surface area contributed by atoms with Crippen LogP contribution in [0.15, 0.2) is 53.4 Å². The average molecular weight is 441 g/mol. The first-order valence-electron chi connectivity index (χ1n) is 9.31. The fraction of sp³-hybridized carbons (Fsp3) is 0.190. The first kappa shape index (κ1) is 22.0. The highest BCUT2D eigenvalue weighted by Gasteiger charge is 2.17. The van der Waals surface area contributed by atoms with E-state index in [1.165, 1.54) is 48.0 Å². The van der Waals surface area contributed by atoms with Gasteiger partial charge in [-0.3, -0.25) is 9.52 Å².